The average molecular weight is 319 g/mol. The predicted molar refractivity (Wildman–Crippen MR) is 86.4 cm³/mol. The molecule has 0 spiro atoms. The molecule has 1 aromatic heterocycles. The fourth-order valence-electron chi connectivity index (χ4n) is 1.95. The van der Waals surface area contributed by atoms with Gasteiger partial charge in [-0.15, -0.1) is 11.3 Å². The number of rotatable bonds is 6. The minimum Gasteiger partial charge on any atom is -0.451 e. The van der Waals surface area contributed by atoms with Crippen LogP contribution in [0.1, 0.15) is 17.4 Å². The van der Waals surface area contributed by atoms with Crippen molar-refractivity contribution in [3.8, 4) is 0 Å². The van der Waals surface area contributed by atoms with Crippen LogP contribution in [-0.2, 0) is 9.53 Å². The highest BCUT2D eigenvalue weighted by Gasteiger charge is 2.19. The van der Waals surface area contributed by atoms with Crippen LogP contribution in [-0.4, -0.2) is 37.1 Å². The van der Waals surface area contributed by atoms with Crippen LogP contribution in [0.25, 0.3) is 0 Å². The van der Waals surface area contributed by atoms with Gasteiger partial charge < -0.3 is 15.0 Å². The minimum absolute atomic E-state index is 0.197. The smallest absolute Gasteiger partial charge is 0.360 e. The average Bonchev–Trinajstić information content (AvgIpc) is 3.03. The SMILES string of the molecule is CCN(C(=O)COC(=O)c1ncsc1NC)c1ccccc1. The lowest BCUT2D eigenvalue weighted by molar-refractivity contribution is -0.121. The molecule has 1 aromatic carbocycles. The second-order valence-corrected chi connectivity index (χ2v) is 5.18. The summed E-state index contributed by atoms with van der Waals surface area (Å²) in [4.78, 5) is 29.7. The largest absolute Gasteiger partial charge is 0.451 e. The summed E-state index contributed by atoms with van der Waals surface area (Å²) in [6.07, 6.45) is 0. The molecule has 0 saturated heterocycles. The molecule has 0 saturated carbocycles. The number of likely N-dealkylation sites (N-methyl/N-ethyl adjacent to an activating group) is 1. The molecule has 1 N–H and O–H groups in total. The molecule has 0 fully saturated rings. The molecule has 7 heteroatoms. The Morgan fingerprint density at radius 2 is 2.05 bits per heavy atom. The third kappa shape index (κ3) is 3.62. The summed E-state index contributed by atoms with van der Waals surface area (Å²) >= 11 is 1.30. The van der Waals surface area contributed by atoms with E-state index >= 15 is 0 Å². The van der Waals surface area contributed by atoms with E-state index in [0.29, 0.717) is 11.5 Å². The molecule has 0 unspecified atom stereocenters. The van der Waals surface area contributed by atoms with Crippen molar-refractivity contribution in [3.05, 3.63) is 41.5 Å². The van der Waals surface area contributed by atoms with Crippen LogP contribution >= 0.6 is 11.3 Å². The quantitative estimate of drug-likeness (QED) is 0.828. The molecule has 1 heterocycles. The van der Waals surface area contributed by atoms with E-state index in [2.05, 4.69) is 10.3 Å². The van der Waals surface area contributed by atoms with Crippen molar-refractivity contribution in [2.45, 2.75) is 6.92 Å². The first-order valence-corrected chi connectivity index (χ1v) is 7.69. The van der Waals surface area contributed by atoms with Crippen LogP contribution in [0.15, 0.2) is 35.8 Å². The van der Waals surface area contributed by atoms with E-state index in [1.54, 1.807) is 17.5 Å². The van der Waals surface area contributed by atoms with E-state index in [4.69, 9.17) is 4.74 Å². The summed E-state index contributed by atoms with van der Waals surface area (Å²) in [6.45, 7) is 2.05. The van der Waals surface area contributed by atoms with Gasteiger partial charge in [-0.3, -0.25) is 4.79 Å². The van der Waals surface area contributed by atoms with E-state index in [9.17, 15) is 9.59 Å². The fourth-order valence-corrected chi connectivity index (χ4v) is 2.58. The number of hydrogen-bond acceptors (Lipinski definition) is 6. The molecule has 2 rings (SSSR count). The van der Waals surface area contributed by atoms with Crippen LogP contribution in [0.5, 0.6) is 0 Å². The second-order valence-electron chi connectivity index (χ2n) is 4.33. The highest BCUT2D eigenvalue weighted by molar-refractivity contribution is 7.14. The molecule has 2 aromatic rings. The zero-order valence-corrected chi connectivity index (χ0v) is 13.2. The van der Waals surface area contributed by atoms with E-state index in [1.807, 2.05) is 37.3 Å². The van der Waals surface area contributed by atoms with E-state index < -0.39 is 5.97 Å². The summed E-state index contributed by atoms with van der Waals surface area (Å²) in [7, 11) is 1.70. The summed E-state index contributed by atoms with van der Waals surface area (Å²) < 4.78 is 5.07. The summed E-state index contributed by atoms with van der Waals surface area (Å²) in [5.74, 6) is -0.883. The van der Waals surface area contributed by atoms with Gasteiger partial charge in [0.1, 0.15) is 5.00 Å². The van der Waals surface area contributed by atoms with Gasteiger partial charge in [0, 0.05) is 19.3 Å². The number of amides is 1. The van der Waals surface area contributed by atoms with Crippen LogP contribution in [0.4, 0.5) is 10.7 Å². The topological polar surface area (TPSA) is 71.5 Å². The lowest BCUT2D eigenvalue weighted by Gasteiger charge is -2.20. The van der Waals surface area contributed by atoms with Gasteiger partial charge in [-0.25, -0.2) is 9.78 Å². The number of thiazole rings is 1. The highest BCUT2D eigenvalue weighted by Crippen LogP contribution is 2.20. The van der Waals surface area contributed by atoms with Crippen molar-refractivity contribution in [1.82, 2.24) is 4.98 Å². The van der Waals surface area contributed by atoms with Gasteiger partial charge >= 0.3 is 5.97 Å². The van der Waals surface area contributed by atoms with E-state index in [-0.39, 0.29) is 18.2 Å². The molecular weight excluding hydrogens is 302 g/mol. The molecule has 1 amide bonds. The number of aromatic nitrogens is 1. The Bertz CT molecular complexity index is 642. The minimum atomic E-state index is -0.608. The number of hydrogen-bond donors (Lipinski definition) is 1. The number of nitrogens with one attached hydrogen (secondary N) is 1. The molecule has 22 heavy (non-hydrogen) atoms. The first-order chi connectivity index (χ1) is 10.7. The standard InChI is InChI=1S/C15H17N3O3S/c1-3-18(11-7-5-4-6-8-11)12(19)9-21-15(20)13-14(16-2)22-10-17-13/h4-8,10,16H,3,9H2,1-2H3. The maximum atomic E-state index is 12.2. The fraction of sp³-hybridized carbons (Fsp3) is 0.267. The first kappa shape index (κ1) is 16.0. The molecule has 0 bridgehead atoms. The number of esters is 1. The molecule has 0 aliphatic heterocycles. The zero-order chi connectivity index (χ0) is 15.9. The maximum Gasteiger partial charge on any atom is 0.360 e. The maximum absolute atomic E-state index is 12.2. The number of para-hydroxylation sites is 1. The molecule has 0 atom stereocenters. The third-order valence-electron chi connectivity index (χ3n) is 3.00. The number of anilines is 2. The lowest BCUT2D eigenvalue weighted by Crippen LogP contribution is -2.34. The molecule has 116 valence electrons. The van der Waals surface area contributed by atoms with Gasteiger partial charge in [0.05, 0.1) is 5.51 Å². The molecule has 0 aliphatic carbocycles. The number of carbonyl (C=O) groups excluding carboxylic acids is 2. The Kier molecular flexibility index (Phi) is 5.48. The van der Waals surface area contributed by atoms with Crippen molar-refractivity contribution in [2.24, 2.45) is 0 Å². The molecule has 6 nitrogen and oxygen atoms in total. The van der Waals surface area contributed by atoms with Crippen LogP contribution in [0.2, 0.25) is 0 Å². The molecular formula is C15H17N3O3S. The van der Waals surface area contributed by atoms with Gasteiger partial charge in [0.2, 0.25) is 0 Å². The van der Waals surface area contributed by atoms with E-state index in [1.165, 1.54) is 11.3 Å². The molecule has 0 aliphatic rings. The second kappa shape index (κ2) is 7.56. The van der Waals surface area contributed by atoms with Crippen molar-refractivity contribution < 1.29 is 14.3 Å². The Labute approximate surface area is 132 Å². The van der Waals surface area contributed by atoms with Crippen LogP contribution in [0, 0.1) is 0 Å². The molecule has 0 radical (unpaired) electrons. The van der Waals surface area contributed by atoms with Crippen LogP contribution < -0.4 is 10.2 Å². The highest BCUT2D eigenvalue weighted by atomic mass is 32.1. The number of nitrogens with zero attached hydrogens (tertiary/aromatic N) is 2. The zero-order valence-electron chi connectivity index (χ0n) is 12.4. The Hall–Kier alpha value is -2.41. The Morgan fingerprint density at radius 1 is 1.32 bits per heavy atom. The number of carbonyl (C=O) groups is 2. The first-order valence-electron chi connectivity index (χ1n) is 6.81. The Balaban J connectivity index is 1.98. The number of benzene rings is 1. The van der Waals surface area contributed by atoms with Gasteiger partial charge in [0.15, 0.2) is 12.3 Å². The summed E-state index contributed by atoms with van der Waals surface area (Å²) in [6, 6.07) is 9.26. The van der Waals surface area contributed by atoms with Crippen molar-refractivity contribution in [3.63, 3.8) is 0 Å². The van der Waals surface area contributed by atoms with Crippen molar-refractivity contribution in [1.29, 1.82) is 0 Å². The van der Waals surface area contributed by atoms with Crippen molar-refractivity contribution in [2.75, 3.05) is 30.4 Å². The number of ether oxygens (including phenoxy) is 1. The predicted octanol–water partition coefficient (Wildman–Crippen LogP) is 2.39. The summed E-state index contributed by atoms with van der Waals surface area (Å²) in [5, 5.41) is 3.48. The Morgan fingerprint density at radius 3 is 2.68 bits per heavy atom. The lowest BCUT2D eigenvalue weighted by atomic mass is 10.3. The van der Waals surface area contributed by atoms with Gasteiger partial charge in [0.25, 0.3) is 5.91 Å². The van der Waals surface area contributed by atoms with Crippen molar-refractivity contribution >= 4 is 33.9 Å². The van der Waals surface area contributed by atoms with Gasteiger partial charge in [-0.05, 0) is 19.1 Å². The van der Waals surface area contributed by atoms with E-state index in [0.717, 1.165) is 5.69 Å². The third-order valence-corrected chi connectivity index (χ3v) is 3.84. The van der Waals surface area contributed by atoms with Gasteiger partial charge in [-0.1, -0.05) is 18.2 Å². The normalized spacial score (nSPS) is 10.1. The monoisotopic (exact) mass is 319 g/mol. The van der Waals surface area contributed by atoms with Crippen LogP contribution in [0.3, 0.4) is 0 Å². The van der Waals surface area contributed by atoms with Gasteiger partial charge in [-0.2, -0.15) is 0 Å². The summed E-state index contributed by atoms with van der Waals surface area (Å²) in [5.41, 5.74) is 2.52.